The molecule has 1 aliphatic rings. The lowest BCUT2D eigenvalue weighted by molar-refractivity contribution is -0.148. The van der Waals surface area contributed by atoms with E-state index in [1.54, 1.807) is 34.1 Å². The second-order valence-electron chi connectivity index (χ2n) is 7.08. The van der Waals surface area contributed by atoms with Crippen LogP contribution in [0.25, 0.3) is 17.0 Å². The first-order valence-electron chi connectivity index (χ1n) is 9.43. The van der Waals surface area contributed by atoms with E-state index < -0.39 is 6.04 Å². The van der Waals surface area contributed by atoms with Crippen LogP contribution in [0.15, 0.2) is 46.5 Å². The molecule has 0 aliphatic carbocycles. The zero-order chi connectivity index (χ0) is 21.3. The molecule has 1 saturated heterocycles. The molecule has 9 heteroatoms. The zero-order valence-corrected chi connectivity index (χ0v) is 18.7. The van der Waals surface area contributed by atoms with Crippen molar-refractivity contribution in [3.8, 4) is 0 Å². The highest BCUT2D eigenvalue weighted by atomic mass is 79.9. The zero-order valence-electron chi connectivity index (χ0n) is 16.3. The molecule has 0 radical (unpaired) electrons. The van der Waals surface area contributed by atoms with Crippen LogP contribution >= 0.6 is 27.3 Å². The van der Waals surface area contributed by atoms with Crippen LogP contribution in [0, 0.1) is 0 Å². The minimum Gasteiger partial charge on any atom is -0.383 e. The average Bonchev–Trinajstić information content (AvgIpc) is 3.15. The van der Waals surface area contributed by atoms with E-state index in [0.29, 0.717) is 25.5 Å². The largest absolute Gasteiger partial charge is 0.383 e. The number of aromatic nitrogens is 2. The van der Waals surface area contributed by atoms with E-state index in [2.05, 4.69) is 25.9 Å². The molecule has 1 fully saturated rings. The van der Waals surface area contributed by atoms with Crippen LogP contribution in [-0.2, 0) is 16.1 Å². The van der Waals surface area contributed by atoms with E-state index >= 15 is 0 Å². The maximum Gasteiger partial charge on any atom is 0.247 e. The maximum atomic E-state index is 12.9. The number of benzene rings is 1. The number of hydrogen-bond donors (Lipinski definition) is 1. The normalized spacial score (nSPS) is 17.3. The highest BCUT2D eigenvalue weighted by molar-refractivity contribution is 9.10. The molecule has 1 atom stereocenters. The van der Waals surface area contributed by atoms with Gasteiger partial charge in [-0.25, -0.2) is 9.97 Å². The molecule has 1 unspecified atom stereocenters. The van der Waals surface area contributed by atoms with Gasteiger partial charge in [0.2, 0.25) is 11.8 Å². The second kappa shape index (κ2) is 8.53. The predicted octanol–water partition coefficient (Wildman–Crippen LogP) is 3.31. The molecule has 1 aliphatic heterocycles. The number of hydrogen-bond acceptors (Lipinski definition) is 6. The third kappa shape index (κ3) is 4.22. The highest BCUT2D eigenvalue weighted by Crippen LogP contribution is 2.22. The number of carbonyl (C=O) groups excluding carboxylic acids is 2. The van der Waals surface area contributed by atoms with Crippen LogP contribution in [0.2, 0.25) is 0 Å². The van der Waals surface area contributed by atoms with Crippen molar-refractivity contribution in [2.24, 2.45) is 0 Å². The molecule has 7 nitrogen and oxygen atoms in total. The van der Waals surface area contributed by atoms with Crippen LogP contribution in [0.4, 0.5) is 5.82 Å². The third-order valence-corrected chi connectivity index (χ3v) is 6.77. The second-order valence-corrected chi connectivity index (χ2v) is 8.94. The summed E-state index contributed by atoms with van der Waals surface area (Å²) in [6, 6.07) is 7.17. The number of halogens is 1. The van der Waals surface area contributed by atoms with E-state index in [9.17, 15) is 9.59 Å². The number of piperazine rings is 1. The van der Waals surface area contributed by atoms with Crippen LogP contribution < -0.4 is 5.73 Å². The molecule has 0 spiro atoms. The lowest BCUT2D eigenvalue weighted by atomic mass is 10.1. The Labute approximate surface area is 186 Å². The summed E-state index contributed by atoms with van der Waals surface area (Å²) in [6.07, 6.45) is 4.75. The smallest absolute Gasteiger partial charge is 0.247 e. The van der Waals surface area contributed by atoms with E-state index in [1.165, 1.54) is 12.4 Å². The molecule has 0 saturated carbocycles. The SMILES string of the molecule is CC1C(=O)N(Cc2ccc3c(N)ncnc3c2)CCN1C(=O)/C=C/c1cc(Br)cs1. The van der Waals surface area contributed by atoms with Gasteiger partial charge in [0.15, 0.2) is 0 Å². The summed E-state index contributed by atoms with van der Waals surface area (Å²) < 4.78 is 0.986. The van der Waals surface area contributed by atoms with Crippen molar-refractivity contribution in [3.05, 3.63) is 57.0 Å². The van der Waals surface area contributed by atoms with Gasteiger partial charge in [-0.1, -0.05) is 6.07 Å². The van der Waals surface area contributed by atoms with Crippen molar-refractivity contribution >= 4 is 61.9 Å². The summed E-state index contributed by atoms with van der Waals surface area (Å²) in [4.78, 5) is 38.1. The lowest BCUT2D eigenvalue weighted by Gasteiger charge is -2.38. The Morgan fingerprint density at radius 3 is 2.93 bits per heavy atom. The number of nitrogens with two attached hydrogens (primary N) is 1. The number of nitrogen functional groups attached to an aromatic ring is 1. The van der Waals surface area contributed by atoms with Gasteiger partial charge in [-0.2, -0.15) is 0 Å². The van der Waals surface area contributed by atoms with Gasteiger partial charge in [0.1, 0.15) is 18.2 Å². The van der Waals surface area contributed by atoms with Gasteiger partial charge in [-0.15, -0.1) is 11.3 Å². The number of fused-ring (bicyclic) bond motifs is 1. The summed E-state index contributed by atoms with van der Waals surface area (Å²) in [5.74, 6) is 0.216. The molecule has 4 rings (SSSR count). The summed E-state index contributed by atoms with van der Waals surface area (Å²) in [5, 5.41) is 2.75. The molecule has 1 aromatic carbocycles. The van der Waals surface area contributed by atoms with Gasteiger partial charge >= 0.3 is 0 Å². The Balaban J connectivity index is 1.43. The summed E-state index contributed by atoms with van der Waals surface area (Å²) in [7, 11) is 0. The summed E-state index contributed by atoms with van der Waals surface area (Å²) in [6.45, 7) is 3.21. The molecule has 0 bridgehead atoms. The van der Waals surface area contributed by atoms with Crippen LogP contribution in [0.3, 0.4) is 0 Å². The Hall–Kier alpha value is -2.78. The Morgan fingerprint density at radius 2 is 2.17 bits per heavy atom. The first-order valence-corrected chi connectivity index (χ1v) is 11.1. The van der Waals surface area contributed by atoms with Crippen molar-refractivity contribution in [1.82, 2.24) is 19.8 Å². The quantitative estimate of drug-likeness (QED) is 0.572. The summed E-state index contributed by atoms with van der Waals surface area (Å²) >= 11 is 4.95. The molecule has 154 valence electrons. The predicted molar refractivity (Wildman–Crippen MR) is 122 cm³/mol. The monoisotopic (exact) mass is 485 g/mol. The van der Waals surface area contributed by atoms with E-state index in [4.69, 9.17) is 5.73 Å². The molecule has 30 heavy (non-hydrogen) atoms. The topological polar surface area (TPSA) is 92.4 Å². The number of nitrogens with zero attached hydrogens (tertiary/aromatic N) is 4. The van der Waals surface area contributed by atoms with Gasteiger partial charge in [0, 0.05) is 45.8 Å². The summed E-state index contributed by atoms with van der Waals surface area (Å²) in [5.41, 5.74) is 7.59. The molecule has 3 aromatic rings. The van der Waals surface area contributed by atoms with E-state index in [1.807, 2.05) is 29.6 Å². The first-order chi connectivity index (χ1) is 14.4. The van der Waals surface area contributed by atoms with Crippen LogP contribution in [0.5, 0.6) is 0 Å². The number of anilines is 1. The van der Waals surface area contributed by atoms with Crippen LogP contribution in [-0.4, -0.2) is 50.7 Å². The van der Waals surface area contributed by atoms with Gasteiger partial charge in [-0.05, 0) is 52.7 Å². The van der Waals surface area contributed by atoms with Crippen molar-refractivity contribution in [3.63, 3.8) is 0 Å². The van der Waals surface area contributed by atoms with Gasteiger partial charge in [0.25, 0.3) is 0 Å². The lowest BCUT2D eigenvalue weighted by Crippen LogP contribution is -2.56. The van der Waals surface area contributed by atoms with Crippen molar-refractivity contribution in [2.75, 3.05) is 18.8 Å². The molecular weight excluding hydrogens is 466 g/mol. The standard InChI is InChI=1S/C21H20BrN5O2S/c1-13-21(29)26(10-14-2-4-17-18(8-14)24-12-25-20(17)23)6-7-27(13)19(28)5-3-16-9-15(22)11-30-16/h2-5,8-9,11-13H,6-7,10H2,1H3,(H2,23,24,25)/b5-3+. The minimum absolute atomic E-state index is 0.0656. The fourth-order valence-electron chi connectivity index (χ4n) is 3.49. The van der Waals surface area contributed by atoms with E-state index in [0.717, 1.165) is 25.8 Å². The Bertz CT molecular complexity index is 1150. The Morgan fingerprint density at radius 1 is 1.33 bits per heavy atom. The van der Waals surface area contributed by atoms with Crippen LogP contribution in [0.1, 0.15) is 17.4 Å². The molecule has 2 N–H and O–H groups in total. The van der Waals surface area contributed by atoms with Gasteiger partial charge < -0.3 is 15.5 Å². The van der Waals surface area contributed by atoms with E-state index in [-0.39, 0.29) is 11.8 Å². The molecular formula is C21H20BrN5O2S. The molecule has 3 heterocycles. The molecule has 2 amide bonds. The average molecular weight is 486 g/mol. The number of amides is 2. The molecule has 2 aromatic heterocycles. The fraction of sp³-hybridized carbons (Fsp3) is 0.238. The van der Waals surface area contributed by atoms with Crippen molar-refractivity contribution in [2.45, 2.75) is 19.5 Å². The number of thiophene rings is 1. The first kappa shape index (κ1) is 20.5. The Kier molecular flexibility index (Phi) is 5.83. The maximum absolute atomic E-state index is 12.9. The van der Waals surface area contributed by atoms with Crippen molar-refractivity contribution in [1.29, 1.82) is 0 Å². The third-order valence-electron chi connectivity index (χ3n) is 5.11. The van der Waals surface area contributed by atoms with Gasteiger partial charge in [-0.3, -0.25) is 9.59 Å². The number of carbonyl (C=O) groups is 2. The van der Waals surface area contributed by atoms with Gasteiger partial charge in [0.05, 0.1) is 5.52 Å². The highest BCUT2D eigenvalue weighted by Gasteiger charge is 2.33. The minimum atomic E-state index is -0.510. The van der Waals surface area contributed by atoms with Crippen molar-refractivity contribution < 1.29 is 9.59 Å². The number of rotatable bonds is 4. The fourth-order valence-corrected chi connectivity index (χ4v) is 4.83.